The van der Waals surface area contributed by atoms with E-state index in [2.05, 4.69) is 25.2 Å². The molecule has 8 nitrogen and oxygen atoms in total. The van der Waals surface area contributed by atoms with Gasteiger partial charge in [0, 0.05) is 20.1 Å². The van der Waals surface area contributed by atoms with Crippen molar-refractivity contribution in [1.29, 1.82) is 0 Å². The molecule has 3 N–H and O–H groups in total. The maximum absolute atomic E-state index is 12.7. The zero-order valence-corrected chi connectivity index (χ0v) is 14.5. The van der Waals surface area contributed by atoms with Crippen molar-refractivity contribution >= 4 is 17.8 Å². The van der Waals surface area contributed by atoms with E-state index < -0.39 is 0 Å². The van der Waals surface area contributed by atoms with E-state index in [4.69, 9.17) is 5.73 Å². The van der Waals surface area contributed by atoms with Crippen molar-refractivity contribution in [1.82, 2.24) is 25.2 Å². The van der Waals surface area contributed by atoms with E-state index >= 15 is 0 Å². The van der Waals surface area contributed by atoms with Crippen LogP contribution in [0.2, 0.25) is 0 Å². The predicted octanol–water partition coefficient (Wildman–Crippen LogP) is 0.401. The number of rotatable bonds is 4. The topological polar surface area (TPSA) is 100 Å². The molecule has 0 radical (unpaired) electrons. The van der Waals surface area contributed by atoms with Crippen molar-refractivity contribution in [3.63, 3.8) is 0 Å². The predicted molar refractivity (Wildman–Crippen MR) is 92.3 cm³/mol. The Kier molecular flexibility index (Phi) is 5.13. The second-order valence-electron chi connectivity index (χ2n) is 6.87. The van der Waals surface area contributed by atoms with E-state index in [1.54, 1.807) is 4.90 Å². The van der Waals surface area contributed by atoms with Crippen LogP contribution in [-0.2, 0) is 11.3 Å². The molecule has 0 aliphatic carbocycles. The van der Waals surface area contributed by atoms with Crippen LogP contribution < -0.4 is 16.0 Å². The fourth-order valence-corrected chi connectivity index (χ4v) is 3.76. The second-order valence-corrected chi connectivity index (χ2v) is 6.87. The van der Waals surface area contributed by atoms with Gasteiger partial charge in [-0.25, -0.2) is 0 Å². The number of carbonyl (C=O) groups excluding carboxylic acids is 1. The smallest absolute Gasteiger partial charge is 0.229 e. The lowest BCUT2D eigenvalue weighted by Crippen LogP contribution is -2.52. The maximum atomic E-state index is 12.7. The largest absolute Gasteiger partial charge is 0.368 e. The van der Waals surface area contributed by atoms with E-state index in [-0.39, 0.29) is 24.3 Å². The highest BCUT2D eigenvalue weighted by molar-refractivity contribution is 5.79. The van der Waals surface area contributed by atoms with Crippen molar-refractivity contribution in [2.75, 3.05) is 37.8 Å². The first-order chi connectivity index (χ1) is 11.5. The van der Waals surface area contributed by atoms with Crippen LogP contribution >= 0.6 is 0 Å². The van der Waals surface area contributed by atoms with E-state index in [9.17, 15) is 4.79 Å². The first kappa shape index (κ1) is 16.9. The van der Waals surface area contributed by atoms with Crippen LogP contribution in [0.4, 0.5) is 11.9 Å². The number of hydrogen-bond donors (Lipinski definition) is 2. The number of fused-ring (bicyclic) bond motifs is 1. The summed E-state index contributed by atoms with van der Waals surface area (Å²) < 4.78 is 0. The molecule has 0 aromatic carbocycles. The molecule has 3 heterocycles. The molecular formula is C16H27N7O. The van der Waals surface area contributed by atoms with Gasteiger partial charge in [0.1, 0.15) is 0 Å². The Labute approximate surface area is 142 Å². The van der Waals surface area contributed by atoms with Gasteiger partial charge < -0.3 is 16.0 Å². The average molecular weight is 333 g/mol. The fraction of sp³-hybridized carbons (Fsp3) is 0.750. The third-order valence-corrected chi connectivity index (χ3v) is 4.93. The minimum atomic E-state index is 0.0755. The number of amides is 1. The number of aromatic nitrogens is 3. The summed E-state index contributed by atoms with van der Waals surface area (Å²) in [6, 6.07) is 0.397. The molecule has 0 bridgehead atoms. The van der Waals surface area contributed by atoms with E-state index in [0.29, 0.717) is 17.8 Å². The first-order valence-corrected chi connectivity index (χ1v) is 8.74. The molecule has 2 aliphatic heterocycles. The Hall–Kier alpha value is -1.96. The van der Waals surface area contributed by atoms with Crippen LogP contribution in [0.5, 0.6) is 0 Å². The number of nitrogens with one attached hydrogen (secondary N) is 1. The van der Waals surface area contributed by atoms with Gasteiger partial charge in [-0.3, -0.25) is 9.69 Å². The number of nitrogens with zero attached hydrogens (tertiary/aromatic N) is 5. The monoisotopic (exact) mass is 333 g/mol. The van der Waals surface area contributed by atoms with Crippen molar-refractivity contribution < 1.29 is 4.79 Å². The van der Waals surface area contributed by atoms with Gasteiger partial charge in [0.05, 0.1) is 12.5 Å². The Morgan fingerprint density at radius 1 is 1.21 bits per heavy atom. The van der Waals surface area contributed by atoms with Gasteiger partial charge in [0.2, 0.25) is 17.8 Å². The molecule has 0 saturated carbocycles. The lowest BCUT2D eigenvalue weighted by molar-refractivity contribution is -0.129. The summed E-state index contributed by atoms with van der Waals surface area (Å²) in [6.07, 6.45) is 5.67. The van der Waals surface area contributed by atoms with E-state index in [1.807, 2.05) is 14.1 Å². The molecule has 8 heteroatoms. The number of nitrogen functional groups attached to an aromatic ring is 1. The molecule has 1 amide bonds. The molecule has 3 rings (SSSR count). The number of piperidine rings is 2. The quantitative estimate of drug-likeness (QED) is 0.822. The Morgan fingerprint density at radius 3 is 2.79 bits per heavy atom. The molecule has 1 aromatic rings. The van der Waals surface area contributed by atoms with Crippen LogP contribution in [0.15, 0.2) is 0 Å². The van der Waals surface area contributed by atoms with Gasteiger partial charge in [0.15, 0.2) is 5.82 Å². The molecule has 2 saturated heterocycles. The number of anilines is 2. The van der Waals surface area contributed by atoms with Crippen LogP contribution in [0.25, 0.3) is 0 Å². The average Bonchev–Trinajstić information content (AvgIpc) is 2.58. The normalized spacial score (nSPS) is 24.2. The van der Waals surface area contributed by atoms with E-state index in [1.165, 1.54) is 12.8 Å². The highest BCUT2D eigenvalue weighted by atomic mass is 16.1. The summed E-state index contributed by atoms with van der Waals surface area (Å²) >= 11 is 0. The van der Waals surface area contributed by atoms with Gasteiger partial charge in [-0.15, -0.1) is 0 Å². The van der Waals surface area contributed by atoms with Gasteiger partial charge in [-0.1, -0.05) is 6.42 Å². The van der Waals surface area contributed by atoms with Crippen molar-refractivity contribution in [3.8, 4) is 0 Å². The van der Waals surface area contributed by atoms with Crippen molar-refractivity contribution in [3.05, 3.63) is 5.82 Å². The van der Waals surface area contributed by atoms with Gasteiger partial charge in [-0.05, 0) is 38.8 Å². The SMILES string of the molecule is CN(C)c1nc(N)nc(CNC(=O)[C@@H]2CCCN3CCCC[C@H]23)n1. The molecule has 2 aliphatic rings. The summed E-state index contributed by atoms with van der Waals surface area (Å²) in [4.78, 5) is 29.5. The van der Waals surface area contributed by atoms with Crippen LogP contribution in [0, 0.1) is 5.92 Å². The standard InChI is InChI=1S/C16H27N7O/c1-22(2)16-20-13(19-15(17)21-16)10-18-14(24)11-6-5-9-23-8-4-3-7-12(11)23/h11-12H,3-10H2,1-2H3,(H,18,24)(H2,17,19,20,21)/t11-,12-/m1/s1. The lowest BCUT2D eigenvalue weighted by Gasteiger charge is -2.43. The summed E-state index contributed by atoms with van der Waals surface area (Å²) in [5, 5.41) is 3.00. The minimum absolute atomic E-state index is 0.0755. The zero-order valence-electron chi connectivity index (χ0n) is 14.5. The van der Waals surface area contributed by atoms with Crippen LogP contribution in [-0.4, -0.2) is 59.0 Å². The molecule has 1 aromatic heterocycles. The number of carbonyl (C=O) groups is 1. The number of hydrogen-bond acceptors (Lipinski definition) is 7. The van der Waals surface area contributed by atoms with Crippen molar-refractivity contribution in [2.24, 2.45) is 5.92 Å². The summed E-state index contributed by atoms with van der Waals surface area (Å²) in [6.45, 7) is 2.55. The molecule has 24 heavy (non-hydrogen) atoms. The molecular weight excluding hydrogens is 306 g/mol. The van der Waals surface area contributed by atoms with Gasteiger partial charge in [0.25, 0.3) is 0 Å². The van der Waals surface area contributed by atoms with E-state index in [0.717, 1.165) is 32.4 Å². The number of nitrogens with two attached hydrogens (primary N) is 1. The Balaban J connectivity index is 1.62. The summed E-state index contributed by atoms with van der Waals surface area (Å²) in [5.74, 6) is 1.36. The van der Waals surface area contributed by atoms with Crippen LogP contribution in [0.3, 0.4) is 0 Å². The second kappa shape index (κ2) is 7.29. The molecule has 2 fully saturated rings. The molecule has 0 unspecified atom stereocenters. The highest BCUT2D eigenvalue weighted by Gasteiger charge is 2.36. The van der Waals surface area contributed by atoms with Gasteiger partial charge in [-0.2, -0.15) is 15.0 Å². The summed E-state index contributed by atoms with van der Waals surface area (Å²) in [7, 11) is 3.69. The molecule has 132 valence electrons. The maximum Gasteiger partial charge on any atom is 0.229 e. The summed E-state index contributed by atoms with van der Waals surface area (Å²) in [5.41, 5.74) is 5.73. The molecule has 0 spiro atoms. The zero-order chi connectivity index (χ0) is 17.1. The fourth-order valence-electron chi connectivity index (χ4n) is 3.76. The first-order valence-electron chi connectivity index (χ1n) is 8.74. The third kappa shape index (κ3) is 3.75. The molecule has 2 atom stereocenters. The third-order valence-electron chi connectivity index (χ3n) is 4.93. The van der Waals surface area contributed by atoms with Crippen LogP contribution in [0.1, 0.15) is 37.9 Å². The highest BCUT2D eigenvalue weighted by Crippen LogP contribution is 2.30. The Morgan fingerprint density at radius 2 is 2.00 bits per heavy atom. The van der Waals surface area contributed by atoms with Gasteiger partial charge >= 0.3 is 0 Å². The minimum Gasteiger partial charge on any atom is -0.368 e. The Bertz CT molecular complexity index is 590. The van der Waals surface area contributed by atoms with Crippen molar-refractivity contribution in [2.45, 2.75) is 44.7 Å². The lowest BCUT2D eigenvalue weighted by atomic mass is 9.83.